The monoisotopic (exact) mass is 247 g/mol. The first kappa shape index (κ1) is 13.1. The average Bonchev–Trinajstić information content (AvgIpc) is 2.90. The zero-order chi connectivity index (χ0) is 12.8. The topological polar surface area (TPSA) is 38.3 Å². The molecule has 1 atom stereocenters. The summed E-state index contributed by atoms with van der Waals surface area (Å²) in [6.45, 7) is 2.27. The molecule has 1 aliphatic carbocycles. The SMILES string of the molecule is CCOC(=O)C(NC1CCCC1)c1ccccc1. The van der Waals surface area contributed by atoms with Gasteiger partial charge < -0.3 is 4.74 Å². The lowest BCUT2D eigenvalue weighted by Crippen LogP contribution is -2.36. The Labute approximate surface area is 109 Å². The van der Waals surface area contributed by atoms with E-state index < -0.39 is 0 Å². The van der Waals surface area contributed by atoms with Crippen molar-refractivity contribution in [3.05, 3.63) is 35.9 Å². The van der Waals surface area contributed by atoms with Crippen molar-refractivity contribution in [3.8, 4) is 0 Å². The van der Waals surface area contributed by atoms with Gasteiger partial charge in [-0.25, -0.2) is 4.79 Å². The summed E-state index contributed by atoms with van der Waals surface area (Å²) in [5.41, 5.74) is 0.989. The summed E-state index contributed by atoms with van der Waals surface area (Å²) in [4.78, 5) is 12.0. The fraction of sp³-hybridized carbons (Fsp3) is 0.533. The van der Waals surface area contributed by atoms with Crippen molar-refractivity contribution in [1.29, 1.82) is 0 Å². The summed E-state index contributed by atoms with van der Waals surface area (Å²) in [5, 5.41) is 3.44. The summed E-state index contributed by atoms with van der Waals surface area (Å²) >= 11 is 0. The molecular weight excluding hydrogens is 226 g/mol. The van der Waals surface area contributed by atoms with Crippen molar-refractivity contribution in [3.63, 3.8) is 0 Å². The molecule has 0 amide bonds. The maximum Gasteiger partial charge on any atom is 0.327 e. The van der Waals surface area contributed by atoms with Gasteiger partial charge in [0.1, 0.15) is 6.04 Å². The number of hydrogen-bond acceptors (Lipinski definition) is 3. The molecule has 0 spiro atoms. The molecule has 1 fully saturated rings. The molecule has 98 valence electrons. The Balaban J connectivity index is 2.09. The van der Waals surface area contributed by atoms with E-state index in [-0.39, 0.29) is 12.0 Å². The van der Waals surface area contributed by atoms with Crippen molar-refractivity contribution in [2.24, 2.45) is 0 Å². The molecule has 0 aliphatic heterocycles. The zero-order valence-electron chi connectivity index (χ0n) is 10.9. The highest BCUT2D eigenvalue weighted by Gasteiger charge is 2.26. The van der Waals surface area contributed by atoms with Crippen molar-refractivity contribution >= 4 is 5.97 Å². The number of rotatable bonds is 5. The highest BCUT2D eigenvalue weighted by molar-refractivity contribution is 5.77. The molecule has 2 rings (SSSR count). The van der Waals surface area contributed by atoms with Crippen LogP contribution in [0.25, 0.3) is 0 Å². The summed E-state index contributed by atoms with van der Waals surface area (Å²) in [7, 11) is 0. The van der Waals surface area contributed by atoms with Gasteiger partial charge >= 0.3 is 5.97 Å². The Morgan fingerprint density at radius 2 is 2.00 bits per heavy atom. The Morgan fingerprint density at radius 1 is 1.33 bits per heavy atom. The number of carbonyl (C=O) groups excluding carboxylic acids is 1. The molecule has 1 N–H and O–H groups in total. The molecule has 0 aromatic heterocycles. The molecule has 0 heterocycles. The number of hydrogen-bond donors (Lipinski definition) is 1. The van der Waals surface area contributed by atoms with Gasteiger partial charge in [0.25, 0.3) is 0 Å². The maximum atomic E-state index is 12.0. The van der Waals surface area contributed by atoms with Crippen molar-refractivity contribution in [1.82, 2.24) is 5.32 Å². The third kappa shape index (κ3) is 3.33. The van der Waals surface area contributed by atoms with Crippen LogP contribution in [-0.2, 0) is 9.53 Å². The van der Waals surface area contributed by atoms with Gasteiger partial charge in [0.2, 0.25) is 0 Å². The average molecular weight is 247 g/mol. The molecule has 1 aromatic rings. The van der Waals surface area contributed by atoms with E-state index in [1.165, 1.54) is 12.8 Å². The van der Waals surface area contributed by atoms with Gasteiger partial charge in [0.15, 0.2) is 0 Å². The lowest BCUT2D eigenvalue weighted by Gasteiger charge is -2.21. The van der Waals surface area contributed by atoms with Gasteiger partial charge in [0, 0.05) is 6.04 Å². The van der Waals surface area contributed by atoms with Crippen LogP contribution in [-0.4, -0.2) is 18.6 Å². The predicted octanol–water partition coefficient (Wildman–Crippen LogP) is 2.82. The van der Waals surface area contributed by atoms with Crippen LogP contribution in [0.2, 0.25) is 0 Å². The van der Waals surface area contributed by atoms with E-state index in [2.05, 4.69) is 5.32 Å². The van der Waals surface area contributed by atoms with Gasteiger partial charge in [-0.15, -0.1) is 0 Å². The second-order valence-corrected chi connectivity index (χ2v) is 4.74. The molecule has 0 bridgehead atoms. The van der Waals surface area contributed by atoms with Crippen LogP contribution >= 0.6 is 0 Å². The largest absolute Gasteiger partial charge is 0.465 e. The van der Waals surface area contributed by atoms with Crippen molar-refractivity contribution in [2.45, 2.75) is 44.7 Å². The van der Waals surface area contributed by atoms with Crippen LogP contribution in [0.15, 0.2) is 30.3 Å². The minimum atomic E-state index is -0.325. The maximum absolute atomic E-state index is 12.0. The van der Waals surface area contributed by atoms with Crippen molar-refractivity contribution in [2.75, 3.05) is 6.61 Å². The van der Waals surface area contributed by atoms with Gasteiger partial charge in [-0.1, -0.05) is 43.2 Å². The Morgan fingerprint density at radius 3 is 2.61 bits per heavy atom. The van der Waals surface area contributed by atoms with Crippen LogP contribution in [0.5, 0.6) is 0 Å². The normalized spacial score (nSPS) is 17.6. The van der Waals surface area contributed by atoms with Gasteiger partial charge in [-0.2, -0.15) is 0 Å². The van der Waals surface area contributed by atoms with E-state index in [1.54, 1.807) is 0 Å². The first-order valence-corrected chi connectivity index (χ1v) is 6.79. The molecule has 1 aliphatic rings. The van der Waals surface area contributed by atoms with Crippen LogP contribution in [0.3, 0.4) is 0 Å². The van der Waals surface area contributed by atoms with E-state index in [0.717, 1.165) is 18.4 Å². The number of carbonyl (C=O) groups is 1. The van der Waals surface area contributed by atoms with Gasteiger partial charge in [-0.05, 0) is 25.3 Å². The van der Waals surface area contributed by atoms with Crippen LogP contribution in [0, 0.1) is 0 Å². The van der Waals surface area contributed by atoms with E-state index >= 15 is 0 Å². The number of benzene rings is 1. The van der Waals surface area contributed by atoms with Crippen molar-refractivity contribution < 1.29 is 9.53 Å². The first-order chi connectivity index (χ1) is 8.81. The van der Waals surface area contributed by atoms with E-state index in [9.17, 15) is 4.79 Å². The highest BCUT2D eigenvalue weighted by atomic mass is 16.5. The van der Waals surface area contributed by atoms with Gasteiger partial charge in [0.05, 0.1) is 6.61 Å². The Hall–Kier alpha value is -1.35. The van der Waals surface area contributed by atoms with E-state index in [1.807, 2.05) is 37.3 Å². The lowest BCUT2D eigenvalue weighted by atomic mass is 10.1. The molecule has 1 unspecified atom stereocenters. The number of nitrogens with one attached hydrogen (secondary N) is 1. The number of esters is 1. The third-order valence-electron chi connectivity index (χ3n) is 3.41. The Kier molecular flexibility index (Phi) is 4.76. The van der Waals surface area contributed by atoms with E-state index in [0.29, 0.717) is 12.6 Å². The quantitative estimate of drug-likeness (QED) is 0.813. The second-order valence-electron chi connectivity index (χ2n) is 4.74. The first-order valence-electron chi connectivity index (χ1n) is 6.79. The summed E-state index contributed by atoms with van der Waals surface area (Å²) in [5.74, 6) is -0.171. The minimum absolute atomic E-state index is 0.171. The summed E-state index contributed by atoms with van der Waals surface area (Å²) in [6, 6.07) is 9.94. The fourth-order valence-corrected chi connectivity index (χ4v) is 2.50. The fourth-order valence-electron chi connectivity index (χ4n) is 2.50. The van der Waals surface area contributed by atoms with Crippen LogP contribution < -0.4 is 5.32 Å². The molecule has 18 heavy (non-hydrogen) atoms. The molecular formula is C15H21NO2. The molecule has 3 nitrogen and oxygen atoms in total. The standard InChI is InChI=1S/C15H21NO2/c1-2-18-15(17)14(12-8-4-3-5-9-12)16-13-10-6-7-11-13/h3-5,8-9,13-14,16H,2,6-7,10-11H2,1H3. The van der Waals surface area contributed by atoms with E-state index in [4.69, 9.17) is 4.74 Å². The Bertz CT molecular complexity index is 371. The smallest absolute Gasteiger partial charge is 0.327 e. The van der Waals surface area contributed by atoms with Gasteiger partial charge in [-0.3, -0.25) is 5.32 Å². The predicted molar refractivity (Wildman–Crippen MR) is 71.2 cm³/mol. The summed E-state index contributed by atoms with van der Waals surface area (Å²) < 4.78 is 5.17. The molecule has 0 saturated heterocycles. The third-order valence-corrected chi connectivity index (χ3v) is 3.41. The van der Waals surface area contributed by atoms with Crippen LogP contribution in [0.4, 0.5) is 0 Å². The van der Waals surface area contributed by atoms with Crippen LogP contribution in [0.1, 0.15) is 44.2 Å². The molecule has 3 heteroatoms. The molecule has 1 saturated carbocycles. The second kappa shape index (κ2) is 6.55. The zero-order valence-corrected chi connectivity index (χ0v) is 10.9. The number of ether oxygens (including phenoxy) is 1. The summed E-state index contributed by atoms with van der Waals surface area (Å²) in [6.07, 6.45) is 4.81. The molecule has 0 radical (unpaired) electrons. The highest BCUT2D eigenvalue weighted by Crippen LogP contribution is 2.23. The lowest BCUT2D eigenvalue weighted by molar-refractivity contribution is -0.146. The molecule has 1 aromatic carbocycles. The minimum Gasteiger partial charge on any atom is -0.465 e.